The van der Waals surface area contributed by atoms with Crippen LogP contribution < -0.4 is 0 Å². The summed E-state index contributed by atoms with van der Waals surface area (Å²) in [4.78, 5) is 21.9. The van der Waals surface area contributed by atoms with Crippen LogP contribution in [0.4, 0.5) is 0 Å². The van der Waals surface area contributed by atoms with Gasteiger partial charge in [-0.3, -0.25) is 9.59 Å². The Balaban J connectivity index is 2.59. The molecule has 1 saturated heterocycles. The van der Waals surface area contributed by atoms with Crippen molar-refractivity contribution in [1.82, 2.24) is 4.31 Å². The van der Waals surface area contributed by atoms with Crippen molar-refractivity contribution in [3.8, 4) is 0 Å². The summed E-state index contributed by atoms with van der Waals surface area (Å²) in [6, 6.07) is -0.541. The molecule has 19 heavy (non-hydrogen) atoms. The number of rotatable bonds is 6. The molecule has 0 aliphatic carbocycles. The van der Waals surface area contributed by atoms with Crippen LogP contribution in [0.15, 0.2) is 0 Å². The molecule has 2 unspecified atom stereocenters. The van der Waals surface area contributed by atoms with Crippen molar-refractivity contribution >= 4 is 22.0 Å². The Morgan fingerprint density at radius 2 is 2.05 bits per heavy atom. The normalized spacial score (nSPS) is 24.3. The number of hydrogen-bond donors (Lipinski definition) is 1. The summed E-state index contributed by atoms with van der Waals surface area (Å²) in [6.45, 7) is 1.82. The smallest absolute Gasteiger partial charge is 0.308 e. The number of carboxylic acid groups (broad SMARTS) is 1. The van der Waals surface area contributed by atoms with Crippen molar-refractivity contribution in [3.05, 3.63) is 0 Å². The minimum atomic E-state index is -3.52. The Kier molecular flexibility index (Phi) is 5.30. The Hall–Kier alpha value is -1.15. The van der Waals surface area contributed by atoms with E-state index in [2.05, 4.69) is 4.74 Å². The van der Waals surface area contributed by atoms with Crippen LogP contribution in [0.2, 0.25) is 0 Å². The van der Waals surface area contributed by atoms with Crippen LogP contribution in [-0.4, -0.2) is 55.2 Å². The zero-order valence-corrected chi connectivity index (χ0v) is 11.9. The van der Waals surface area contributed by atoms with Crippen molar-refractivity contribution in [1.29, 1.82) is 0 Å². The van der Waals surface area contributed by atoms with Gasteiger partial charge in [-0.2, -0.15) is 4.31 Å². The van der Waals surface area contributed by atoms with Gasteiger partial charge >= 0.3 is 11.9 Å². The summed E-state index contributed by atoms with van der Waals surface area (Å²) in [5.41, 5.74) is 0. The highest BCUT2D eigenvalue weighted by molar-refractivity contribution is 7.89. The maximum absolute atomic E-state index is 12.1. The van der Waals surface area contributed by atoms with Crippen molar-refractivity contribution in [3.63, 3.8) is 0 Å². The van der Waals surface area contributed by atoms with E-state index in [1.54, 1.807) is 6.92 Å². The quantitative estimate of drug-likeness (QED) is 0.695. The number of nitrogens with zero attached hydrogens (tertiary/aromatic N) is 1. The van der Waals surface area contributed by atoms with Gasteiger partial charge < -0.3 is 9.84 Å². The van der Waals surface area contributed by atoms with Crippen molar-refractivity contribution in [2.24, 2.45) is 5.92 Å². The minimum absolute atomic E-state index is 0.0420. The molecule has 1 heterocycles. The van der Waals surface area contributed by atoms with Crippen molar-refractivity contribution in [2.45, 2.75) is 32.2 Å². The van der Waals surface area contributed by atoms with Gasteiger partial charge in [0.15, 0.2) is 0 Å². The molecule has 0 aromatic rings. The maximum atomic E-state index is 12.1. The molecule has 1 rings (SSSR count). The Labute approximate surface area is 112 Å². The van der Waals surface area contributed by atoms with E-state index < -0.39 is 33.9 Å². The molecule has 7 nitrogen and oxygen atoms in total. The molecule has 0 aromatic carbocycles. The molecule has 1 aliphatic heterocycles. The average molecular weight is 293 g/mol. The molecule has 1 aliphatic rings. The lowest BCUT2D eigenvalue weighted by Gasteiger charge is -2.22. The van der Waals surface area contributed by atoms with E-state index in [9.17, 15) is 18.0 Å². The van der Waals surface area contributed by atoms with Crippen LogP contribution in [-0.2, 0) is 24.3 Å². The first kappa shape index (κ1) is 15.9. The Morgan fingerprint density at radius 1 is 1.42 bits per heavy atom. The zero-order chi connectivity index (χ0) is 14.6. The first-order valence-electron chi connectivity index (χ1n) is 6.08. The lowest BCUT2D eigenvalue weighted by atomic mass is 10.0. The first-order valence-corrected chi connectivity index (χ1v) is 7.69. The number of ether oxygens (including phenoxy) is 1. The molecule has 2 atom stereocenters. The monoisotopic (exact) mass is 293 g/mol. The lowest BCUT2D eigenvalue weighted by molar-refractivity contribution is -0.142. The van der Waals surface area contributed by atoms with Crippen molar-refractivity contribution < 1.29 is 27.9 Å². The minimum Gasteiger partial charge on any atom is -0.481 e. The van der Waals surface area contributed by atoms with E-state index in [1.807, 2.05) is 0 Å². The van der Waals surface area contributed by atoms with Gasteiger partial charge in [-0.15, -0.1) is 0 Å². The molecule has 1 N–H and O–H groups in total. The van der Waals surface area contributed by atoms with Gasteiger partial charge in [0, 0.05) is 19.0 Å². The fraction of sp³-hybridized carbons (Fsp3) is 0.818. The van der Waals surface area contributed by atoms with Crippen LogP contribution in [0.1, 0.15) is 26.2 Å². The van der Waals surface area contributed by atoms with E-state index in [0.29, 0.717) is 6.42 Å². The highest BCUT2D eigenvalue weighted by Crippen LogP contribution is 2.27. The molecule has 1 fully saturated rings. The number of esters is 1. The topological polar surface area (TPSA) is 101 Å². The molecule has 0 amide bonds. The molecule has 0 spiro atoms. The van der Waals surface area contributed by atoms with E-state index in [4.69, 9.17) is 5.11 Å². The maximum Gasteiger partial charge on any atom is 0.308 e. The Bertz CT molecular complexity index is 446. The van der Waals surface area contributed by atoms with Gasteiger partial charge in [-0.1, -0.05) is 0 Å². The summed E-state index contributed by atoms with van der Waals surface area (Å²) >= 11 is 0. The van der Waals surface area contributed by atoms with Crippen LogP contribution in [0.5, 0.6) is 0 Å². The predicted molar refractivity (Wildman–Crippen MR) is 66.9 cm³/mol. The average Bonchev–Trinajstić information content (AvgIpc) is 2.71. The number of hydrogen-bond acceptors (Lipinski definition) is 5. The fourth-order valence-corrected chi connectivity index (χ4v) is 4.03. The molecule has 0 aromatic heterocycles. The highest BCUT2D eigenvalue weighted by Gasteiger charge is 2.41. The second-order valence-corrected chi connectivity index (χ2v) is 6.62. The second kappa shape index (κ2) is 6.33. The second-order valence-electron chi connectivity index (χ2n) is 4.58. The molecule has 0 bridgehead atoms. The molecule has 0 radical (unpaired) electrons. The van der Waals surface area contributed by atoms with E-state index >= 15 is 0 Å². The number of carbonyl (C=O) groups excluding carboxylic acids is 1. The molecule has 110 valence electrons. The summed E-state index contributed by atoms with van der Waals surface area (Å²) in [5, 5.41) is 8.97. The van der Waals surface area contributed by atoms with Gasteiger partial charge in [-0.25, -0.2) is 8.42 Å². The van der Waals surface area contributed by atoms with E-state index in [0.717, 1.165) is 0 Å². The summed E-state index contributed by atoms with van der Waals surface area (Å²) in [6.07, 6.45) is 0.545. The number of sulfonamides is 1. The third-order valence-electron chi connectivity index (χ3n) is 3.38. The van der Waals surface area contributed by atoms with E-state index in [1.165, 1.54) is 11.4 Å². The van der Waals surface area contributed by atoms with Crippen molar-refractivity contribution in [2.75, 3.05) is 19.4 Å². The largest absolute Gasteiger partial charge is 0.481 e. The standard InChI is InChI=1S/C11H19NO6S/c1-8-9(11(14)15)5-6-12(8)19(16,17)7-3-4-10(13)18-2/h8-9H,3-7H2,1-2H3,(H,14,15). The van der Waals surface area contributed by atoms with Gasteiger partial charge in [0.25, 0.3) is 0 Å². The predicted octanol–water partition coefficient (Wildman–Crippen LogP) is 0.0644. The van der Waals surface area contributed by atoms with Crippen LogP contribution in [0.25, 0.3) is 0 Å². The van der Waals surface area contributed by atoms with Crippen LogP contribution in [0.3, 0.4) is 0 Å². The molecular weight excluding hydrogens is 274 g/mol. The highest BCUT2D eigenvalue weighted by atomic mass is 32.2. The Morgan fingerprint density at radius 3 is 2.53 bits per heavy atom. The van der Waals surface area contributed by atoms with E-state index in [-0.39, 0.29) is 25.1 Å². The molecule has 0 saturated carbocycles. The number of carboxylic acids is 1. The lowest BCUT2D eigenvalue weighted by Crippen LogP contribution is -2.39. The fourth-order valence-electron chi connectivity index (χ4n) is 2.25. The SMILES string of the molecule is COC(=O)CCCS(=O)(=O)N1CCC(C(=O)O)C1C. The van der Waals surface area contributed by atoms with Gasteiger partial charge in [-0.05, 0) is 19.8 Å². The summed E-state index contributed by atoms with van der Waals surface area (Å²) in [5.74, 6) is -2.25. The van der Waals surface area contributed by atoms with Crippen LogP contribution >= 0.6 is 0 Å². The van der Waals surface area contributed by atoms with Gasteiger partial charge in [0.05, 0.1) is 18.8 Å². The van der Waals surface area contributed by atoms with Crippen LogP contribution in [0, 0.1) is 5.92 Å². The third kappa shape index (κ3) is 3.90. The number of methoxy groups -OCH3 is 1. The van der Waals surface area contributed by atoms with Gasteiger partial charge in [0.1, 0.15) is 0 Å². The first-order chi connectivity index (χ1) is 8.79. The summed E-state index contributed by atoms with van der Waals surface area (Å²) in [7, 11) is -2.27. The summed E-state index contributed by atoms with van der Waals surface area (Å²) < 4.78 is 29.8. The molecule has 8 heteroatoms. The number of carbonyl (C=O) groups is 2. The zero-order valence-electron chi connectivity index (χ0n) is 11.0. The third-order valence-corrected chi connectivity index (χ3v) is 5.42. The number of aliphatic carboxylic acids is 1. The van der Waals surface area contributed by atoms with Gasteiger partial charge in [0.2, 0.25) is 10.0 Å². The molecular formula is C11H19NO6S.